The summed E-state index contributed by atoms with van der Waals surface area (Å²) < 4.78 is 5.15. The molecule has 1 saturated heterocycles. The van der Waals surface area contributed by atoms with E-state index in [9.17, 15) is 9.59 Å². The first-order valence-corrected chi connectivity index (χ1v) is 10.8. The number of para-hydroxylation sites is 1. The number of ether oxygens (including phenoxy) is 1. The summed E-state index contributed by atoms with van der Waals surface area (Å²) in [4.78, 5) is 32.2. The van der Waals surface area contributed by atoms with Crippen LogP contribution in [0.4, 0.5) is 21.9 Å². The van der Waals surface area contributed by atoms with Gasteiger partial charge in [-0.25, -0.2) is 4.79 Å². The van der Waals surface area contributed by atoms with Crippen molar-refractivity contribution in [1.82, 2.24) is 10.3 Å². The highest BCUT2D eigenvalue weighted by atomic mass is 16.5. The van der Waals surface area contributed by atoms with Crippen molar-refractivity contribution in [2.75, 3.05) is 36.1 Å². The fourth-order valence-electron chi connectivity index (χ4n) is 3.97. The van der Waals surface area contributed by atoms with Crippen LogP contribution in [-0.4, -0.2) is 43.0 Å². The molecular weight excluding hydrogens is 418 g/mol. The number of nitrogen functional groups attached to an aromatic ring is 1. The maximum Gasteiger partial charge on any atom is 0.319 e. The third-order valence-corrected chi connectivity index (χ3v) is 5.79. The summed E-state index contributed by atoms with van der Waals surface area (Å²) in [6, 6.07) is 15.5. The highest BCUT2D eigenvalue weighted by Crippen LogP contribution is 2.27. The van der Waals surface area contributed by atoms with E-state index in [2.05, 4.69) is 20.5 Å². The number of amides is 2. The predicted octanol–water partition coefficient (Wildman–Crippen LogP) is 3.69. The molecule has 4 N–H and O–H groups in total. The van der Waals surface area contributed by atoms with E-state index in [1.54, 1.807) is 62.0 Å². The Morgan fingerprint density at radius 1 is 1.03 bits per heavy atom. The molecule has 0 bridgehead atoms. The van der Waals surface area contributed by atoms with Crippen LogP contribution < -0.4 is 26.0 Å². The van der Waals surface area contributed by atoms with Crippen molar-refractivity contribution in [2.45, 2.75) is 18.9 Å². The SMILES string of the molecule is COc1ccc(C(=O)c2cccc(N)c2NC(=O)NC2CCN(c3ccncc3)CC2)cc1. The molecule has 8 heteroatoms. The van der Waals surface area contributed by atoms with Gasteiger partial charge in [-0.1, -0.05) is 6.07 Å². The molecule has 0 spiro atoms. The molecule has 1 aromatic heterocycles. The second kappa shape index (κ2) is 10.0. The van der Waals surface area contributed by atoms with E-state index in [1.807, 2.05) is 12.1 Å². The molecule has 3 aromatic rings. The molecule has 1 fully saturated rings. The van der Waals surface area contributed by atoms with Crippen LogP contribution in [0.2, 0.25) is 0 Å². The van der Waals surface area contributed by atoms with Gasteiger partial charge < -0.3 is 26.0 Å². The van der Waals surface area contributed by atoms with Gasteiger partial charge in [0.25, 0.3) is 0 Å². The maximum atomic E-state index is 13.1. The average Bonchev–Trinajstić information content (AvgIpc) is 2.86. The van der Waals surface area contributed by atoms with Gasteiger partial charge in [-0.3, -0.25) is 9.78 Å². The number of hydrogen-bond acceptors (Lipinski definition) is 6. The van der Waals surface area contributed by atoms with Gasteiger partial charge in [0, 0.05) is 48.3 Å². The highest BCUT2D eigenvalue weighted by molar-refractivity contribution is 6.15. The van der Waals surface area contributed by atoms with Gasteiger partial charge in [0.2, 0.25) is 0 Å². The molecule has 2 aromatic carbocycles. The maximum absolute atomic E-state index is 13.1. The highest BCUT2D eigenvalue weighted by Gasteiger charge is 2.23. The van der Waals surface area contributed by atoms with Crippen molar-refractivity contribution >= 4 is 28.9 Å². The Labute approximate surface area is 192 Å². The number of pyridine rings is 1. The Hall–Kier alpha value is -4.07. The van der Waals surface area contributed by atoms with Crippen LogP contribution >= 0.6 is 0 Å². The van der Waals surface area contributed by atoms with E-state index < -0.39 is 0 Å². The van der Waals surface area contributed by atoms with Crippen LogP contribution in [0.1, 0.15) is 28.8 Å². The van der Waals surface area contributed by atoms with E-state index in [0.717, 1.165) is 31.6 Å². The van der Waals surface area contributed by atoms with Crippen LogP contribution in [0.25, 0.3) is 0 Å². The van der Waals surface area contributed by atoms with Crippen LogP contribution in [0, 0.1) is 0 Å². The topological polar surface area (TPSA) is 110 Å². The van der Waals surface area contributed by atoms with Crippen molar-refractivity contribution in [1.29, 1.82) is 0 Å². The summed E-state index contributed by atoms with van der Waals surface area (Å²) in [6.07, 6.45) is 5.19. The van der Waals surface area contributed by atoms with Crippen molar-refractivity contribution < 1.29 is 14.3 Å². The Bertz CT molecular complexity index is 1110. The van der Waals surface area contributed by atoms with E-state index in [0.29, 0.717) is 28.3 Å². The molecule has 0 aliphatic carbocycles. The molecule has 170 valence electrons. The summed E-state index contributed by atoms with van der Waals surface area (Å²) in [5.74, 6) is 0.428. The number of methoxy groups -OCH3 is 1. The number of urea groups is 1. The van der Waals surface area contributed by atoms with Gasteiger partial charge >= 0.3 is 6.03 Å². The van der Waals surface area contributed by atoms with Crippen LogP contribution in [0.5, 0.6) is 5.75 Å². The van der Waals surface area contributed by atoms with Gasteiger partial charge in [-0.15, -0.1) is 0 Å². The predicted molar refractivity (Wildman–Crippen MR) is 129 cm³/mol. The quantitative estimate of drug-likeness (QED) is 0.394. The molecule has 4 rings (SSSR count). The number of benzene rings is 2. The number of piperidine rings is 1. The molecular formula is C25H27N5O3. The lowest BCUT2D eigenvalue weighted by Gasteiger charge is -2.33. The molecule has 8 nitrogen and oxygen atoms in total. The largest absolute Gasteiger partial charge is 0.497 e. The first-order chi connectivity index (χ1) is 16.0. The lowest BCUT2D eigenvalue weighted by atomic mass is 10.0. The Balaban J connectivity index is 1.40. The molecule has 33 heavy (non-hydrogen) atoms. The number of nitrogens with zero attached hydrogens (tertiary/aromatic N) is 2. The van der Waals surface area contributed by atoms with Gasteiger partial charge in [0.05, 0.1) is 18.5 Å². The zero-order valence-corrected chi connectivity index (χ0v) is 18.5. The molecule has 1 aliphatic rings. The Morgan fingerprint density at radius 2 is 1.73 bits per heavy atom. The normalized spacial score (nSPS) is 13.9. The minimum Gasteiger partial charge on any atom is -0.497 e. The van der Waals surface area contributed by atoms with Crippen molar-refractivity contribution in [3.8, 4) is 5.75 Å². The Kier molecular flexibility index (Phi) is 6.73. The lowest BCUT2D eigenvalue weighted by molar-refractivity contribution is 0.103. The molecule has 0 saturated carbocycles. The third kappa shape index (κ3) is 5.23. The molecule has 0 radical (unpaired) electrons. The summed E-state index contributed by atoms with van der Waals surface area (Å²) in [5.41, 5.74) is 8.71. The van der Waals surface area contributed by atoms with Crippen molar-refractivity contribution in [2.24, 2.45) is 0 Å². The van der Waals surface area contributed by atoms with Crippen molar-refractivity contribution in [3.63, 3.8) is 0 Å². The van der Waals surface area contributed by atoms with Gasteiger partial charge in [0.1, 0.15) is 5.75 Å². The third-order valence-electron chi connectivity index (χ3n) is 5.79. The summed E-state index contributed by atoms with van der Waals surface area (Å²) in [5, 5.41) is 5.81. The minimum absolute atomic E-state index is 0.0359. The molecule has 2 heterocycles. The van der Waals surface area contributed by atoms with Gasteiger partial charge in [-0.05, 0) is 61.4 Å². The number of nitrogens with two attached hydrogens (primary N) is 1. The second-order valence-corrected chi connectivity index (χ2v) is 7.89. The number of ketones is 1. The van der Waals surface area contributed by atoms with Gasteiger partial charge in [0.15, 0.2) is 5.78 Å². The van der Waals surface area contributed by atoms with Gasteiger partial charge in [-0.2, -0.15) is 0 Å². The summed E-state index contributed by atoms with van der Waals surface area (Å²) in [6.45, 7) is 1.67. The molecule has 1 aliphatic heterocycles. The first kappa shape index (κ1) is 22.1. The first-order valence-electron chi connectivity index (χ1n) is 10.8. The van der Waals surface area contributed by atoms with Crippen LogP contribution in [0.15, 0.2) is 67.0 Å². The number of carbonyl (C=O) groups is 2. The van der Waals surface area contributed by atoms with Crippen LogP contribution in [-0.2, 0) is 0 Å². The average molecular weight is 446 g/mol. The van der Waals surface area contributed by atoms with Crippen LogP contribution in [0.3, 0.4) is 0 Å². The lowest BCUT2D eigenvalue weighted by Crippen LogP contribution is -2.46. The monoisotopic (exact) mass is 445 g/mol. The summed E-state index contributed by atoms with van der Waals surface area (Å²) in [7, 11) is 1.57. The second-order valence-electron chi connectivity index (χ2n) is 7.89. The van der Waals surface area contributed by atoms with E-state index >= 15 is 0 Å². The number of carbonyl (C=O) groups excluding carboxylic acids is 2. The fourth-order valence-corrected chi connectivity index (χ4v) is 3.97. The number of anilines is 3. The number of rotatable bonds is 6. The van der Waals surface area contributed by atoms with Crippen molar-refractivity contribution in [3.05, 3.63) is 78.1 Å². The number of aromatic nitrogens is 1. The minimum atomic E-state index is -0.376. The molecule has 0 unspecified atom stereocenters. The zero-order valence-electron chi connectivity index (χ0n) is 18.5. The van der Waals surface area contributed by atoms with E-state index in [1.165, 1.54) is 0 Å². The molecule has 2 amide bonds. The standard InChI is InChI=1S/C25H27N5O3/c1-33-20-7-5-17(6-8-20)24(31)21-3-2-4-22(26)23(21)29-25(32)28-18-11-15-30(16-12-18)19-9-13-27-14-10-19/h2-10,13-14,18H,11-12,15-16,26H2,1H3,(H2,28,29,32). The number of hydrogen-bond donors (Lipinski definition) is 3. The fraction of sp³-hybridized carbons (Fsp3) is 0.240. The zero-order chi connectivity index (χ0) is 23.2. The van der Waals surface area contributed by atoms with E-state index in [-0.39, 0.29) is 17.9 Å². The number of nitrogens with one attached hydrogen (secondary N) is 2. The summed E-state index contributed by atoms with van der Waals surface area (Å²) >= 11 is 0. The Morgan fingerprint density at radius 3 is 2.39 bits per heavy atom. The van der Waals surface area contributed by atoms with E-state index in [4.69, 9.17) is 10.5 Å². The smallest absolute Gasteiger partial charge is 0.319 e. The molecule has 0 atom stereocenters.